The van der Waals surface area contributed by atoms with E-state index in [0.717, 1.165) is 0 Å². The van der Waals surface area contributed by atoms with Crippen LogP contribution in [0, 0.1) is 0 Å². The lowest BCUT2D eigenvalue weighted by atomic mass is 9.84. The molecule has 0 aromatic rings. The van der Waals surface area contributed by atoms with Crippen LogP contribution in [-0.4, -0.2) is 37.2 Å². The second-order valence-electron chi connectivity index (χ2n) is 7.46. The van der Waals surface area contributed by atoms with Gasteiger partial charge in [-0.1, -0.05) is 26.8 Å². The normalized spacial score (nSPS) is 34.6. The number of aliphatic hydroxyl groups is 1. The van der Waals surface area contributed by atoms with E-state index in [0.29, 0.717) is 19.3 Å². The van der Waals surface area contributed by atoms with Gasteiger partial charge in [-0.05, 0) is 24.2 Å². The van der Waals surface area contributed by atoms with E-state index in [-0.39, 0.29) is 17.1 Å². The van der Waals surface area contributed by atoms with Crippen molar-refractivity contribution in [2.45, 2.75) is 76.0 Å². The molecule has 3 atom stereocenters. The van der Waals surface area contributed by atoms with Crippen molar-refractivity contribution < 1.29 is 19.1 Å². The number of carbonyl (C=O) groups excluding carboxylic acids is 1. The zero-order chi connectivity index (χ0) is 15.2. The summed E-state index contributed by atoms with van der Waals surface area (Å²) in [7, 11) is -1.97. The third-order valence-electron chi connectivity index (χ3n) is 4.87. The highest BCUT2D eigenvalue weighted by Crippen LogP contribution is 2.44. The first-order valence-corrected chi connectivity index (χ1v) is 10.2. The summed E-state index contributed by atoms with van der Waals surface area (Å²) in [5, 5.41) is 9.98. The van der Waals surface area contributed by atoms with Gasteiger partial charge in [0.05, 0.1) is 12.2 Å². The molecular formula is C15H26O4Si. The SMILES string of the molecule is CC(C)(C)[Si](C)(C)OC1CC(O)C=CC12CCC(=O)O2. The highest BCUT2D eigenvalue weighted by molar-refractivity contribution is 6.74. The van der Waals surface area contributed by atoms with Crippen LogP contribution in [0.3, 0.4) is 0 Å². The van der Waals surface area contributed by atoms with Crippen LogP contribution in [0.2, 0.25) is 18.1 Å². The Bertz CT molecular complexity index is 424. The minimum absolute atomic E-state index is 0.0862. The quantitative estimate of drug-likeness (QED) is 0.484. The van der Waals surface area contributed by atoms with Gasteiger partial charge in [0.2, 0.25) is 0 Å². The zero-order valence-electron chi connectivity index (χ0n) is 13.1. The minimum Gasteiger partial charge on any atom is -0.452 e. The molecule has 0 aromatic heterocycles. The maximum atomic E-state index is 11.5. The smallest absolute Gasteiger partial charge is 0.306 e. The van der Waals surface area contributed by atoms with Gasteiger partial charge in [0.1, 0.15) is 0 Å². The van der Waals surface area contributed by atoms with Crippen molar-refractivity contribution in [1.29, 1.82) is 0 Å². The molecule has 1 aliphatic heterocycles. The van der Waals surface area contributed by atoms with Gasteiger partial charge in [-0.3, -0.25) is 4.79 Å². The van der Waals surface area contributed by atoms with Crippen LogP contribution in [0.5, 0.6) is 0 Å². The summed E-state index contributed by atoms with van der Waals surface area (Å²) in [5.74, 6) is -0.171. The second-order valence-corrected chi connectivity index (χ2v) is 12.2. The molecule has 2 rings (SSSR count). The molecular weight excluding hydrogens is 272 g/mol. The van der Waals surface area contributed by atoms with Gasteiger partial charge in [0.25, 0.3) is 0 Å². The molecule has 1 fully saturated rings. The molecule has 0 saturated carbocycles. The molecule has 2 aliphatic rings. The summed E-state index contributed by atoms with van der Waals surface area (Å²) in [5.41, 5.74) is -0.661. The number of carbonyl (C=O) groups is 1. The molecule has 1 aliphatic carbocycles. The van der Waals surface area contributed by atoms with Gasteiger partial charge in [0, 0.05) is 19.3 Å². The van der Waals surface area contributed by atoms with Gasteiger partial charge in [0.15, 0.2) is 13.9 Å². The van der Waals surface area contributed by atoms with Gasteiger partial charge in [-0.15, -0.1) is 0 Å². The number of hydrogen-bond donors (Lipinski definition) is 1. The molecule has 4 nitrogen and oxygen atoms in total. The summed E-state index contributed by atoms with van der Waals surface area (Å²) in [6.45, 7) is 10.9. The Morgan fingerprint density at radius 1 is 1.45 bits per heavy atom. The lowest BCUT2D eigenvalue weighted by molar-refractivity contribution is -0.153. The highest BCUT2D eigenvalue weighted by Gasteiger charge is 2.51. The van der Waals surface area contributed by atoms with Gasteiger partial charge < -0.3 is 14.3 Å². The fraction of sp³-hybridized carbons (Fsp3) is 0.800. The van der Waals surface area contributed by atoms with E-state index >= 15 is 0 Å². The van der Waals surface area contributed by atoms with Crippen LogP contribution in [0.15, 0.2) is 12.2 Å². The Labute approximate surface area is 122 Å². The van der Waals surface area contributed by atoms with Gasteiger partial charge >= 0.3 is 5.97 Å². The Balaban J connectivity index is 2.24. The topological polar surface area (TPSA) is 55.8 Å². The Morgan fingerprint density at radius 2 is 2.10 bits per heavy atom. The lowest BCUT2D eigenvalue weighted by Crippen LogP contribution is -2.54. The van der Waals surface area contributed by atoms with E-state index < -0.39 is 20.0 Å². The highest BCUT2D eigenvalue weighted by atomic mass is 28.4. The number of rotatable bonds is 2. The van der Waals surface area contributed by atoms with Gasteiger partial charge in [-0.25, -0.2) is 0 Å². The summed E-state index contributed by atoms with van der Waals surface area (Å²) >= 11 is 0. The lowest BCUT2D eigenvalue weighted by Gasteiger charge is -2.45. The van der Waals surface area contributed by atoms with Crippen molar-refractivity contribution in [3.63, 3.8) is 0 Å². The molecule has 0 radical (unpaired) electrons. The van der Waals surface area contributed by atoms with Crippen LogP contribution in [-0.2, 0) is 14.0 Å². The van der Waals surface area contributed by atoms with Crippen molar-refractivity contribution in [1.82, 2.24) is 0 Å². The predicted octanol–water partition coefficient (Wildman–Crippen LogP) is 2.77. The standard InChI is InChI=1S/C15H26O4Si/c1-14(2,3)20(4,5)19-12-10-11(16)6-8-15(12)9-7-13(17)18-15/h6,8,11-12,16H,7,9-10H2,1-5H3. The van der Waals surface area contributed by atoms with Crippen molar-refractivity contribution in [2.75, 3.05) is 0 Å². The summed E-state index contributed by atoms with van der Waals surface area (Å²) in [4.78, 5) is 11.5. The van der Waals surface area contributed by atoms with Gasteiger partial charge in [-0.2, -0.15) is 0 Å². The molecule has 1 spiro atoms. The Kier molecular flexibility index (Phi) is 3.90. The van der Waals surface area contributed by atoms with E-state index in [1.165, 1.54) is 0 Å². The molecule has 114 valence electrons. The molecule has 1 saturated heterocycles. The molecule has 3 unspecified atom stereocenters. The van der Waals surface area contributed by atoms with Crippen molar-refractivity contribution in [2.24, 2.45) is 0 Å². The van der Waals surface area contributed by atoms with E-state index in [2.05, 4.69) is 33.9 Å². The number of esters is 1. The Morgan fingerprint density at radius 3 is 2.60 bits per heavy atom. The van der Waals surface area contributed by atoms with E-state index in [1.807, 2.05) is 6.08 Å². The van der Waals surface area contributed by atoms with Crippen LogP contribution < -0.4 is 0 Å². The molecule has 0 bridgehead atoms. The third-order valence-corrected chi connectivity index (χ3v) is 9.35. The summed E-state index contributed by atoms with van der Waals surface area (Å²) in [6, 6.07) is 0. The Hall–Kier alpha value is -0.653. The molecule has 0 aromatic carbocycles. The third kappa shape index (κ3) is 2.85. The molecule has 1 N–H and O–H groups in total. The first kappa shape index (κ1) is 15.7. The second kappa shape index (κ2) is 4.96. The average Bonchev–Trinajstić information content (AvgIpc) is 2.65. The fourth-order valence-corrected chi connectivity index (χ4v) is 3.88. The summed E-state index contributed by atoms with van der Waals surface area (Å²) in [6.07, 6.45) is 4.38. The van der Waals surface area contributed by atoms with Crippen LogP contribution in [0.25, 0.3) is 0 Å². The molecule has 1 heterocycles. The largest absolute Gasteiger partial charge is 0.452 e. The van der Waals surface area contributed by atoms with Crippen LogP contribution >= 0.6 is 0 Å². The van der Waals surface area contributed by atoms with Crippen LogP contribution in [0.4, 0.5) is 0 Å². The fourth-order valence-electron chi connectivity index (χ4n) is 2.51. The number of hydrogen-bond acceptors (Lipinski definition) is 4. The van der Waals surface area contributed by atoms with E-state index in [9.17, 15) is 9.90 Å². The van der Waals surface area contributed by atoms with Crippen molar-refractivity contribution >= 4 is 14.3 Å². The molecule has 20 heavy (non-hydrogen) atoms. The summed E-state index contributed by atoms with van der Waals surface area (Å²) < 4.78 is 12.0. The maximum Gasteiger partial charge on any atom is 0.306 e. The van der Waals surface area contributed by atoms with Crippen LogP contribution in [0.1, 0.15) is 40.0 Å². The first-order chi connectivity index (χ1) is 9.06. The zero-order valence-corrected chi connectivity index (χ0v) is 14.1. The average molecular weight is 298 g/mol. The molecule has 0 amide bonds. The maximum absolute atomic E-state index is 11.5. The number of aliphatic hydroxyl groups excluding tert-OH is 1. The first-order valence-electron chi connectivity index (χ1n) is 7.33. The van der Waals surface area contributed by atoms with E-state index in [1.54, 1.807) is 6.08 Å². The monoisotopic (exact) mass is 298 g/mol. The minimum atomic E-state index is -1.97. The van der Waals surface area contributed by atoms with Crippen molar-refractivity contribution in [3.05, 3.63) is 12.2 Å². The predicted molar refractivity (Wildman–Crippen MR) is 79.9 cm³/mol. The molecule has 5 heteroatoms. The number of ether oxygens (including phenoxy) is 1. The van der Waals surface area contributed by atoms with E-state index in [4.69, 9.17) is 9.16 Å². The van der Waals surface area contributed by atoms with Crippen molar-refractivity contribution in [3.8, 4) is 0 Å².